The quantitative estimate of drug-likeness (QED) is 0.810. The third-order valence-corrected chi connectivity index (χ3v) is 6.13. The first kappa shape index (κ1) is 13.7. The van der Waals surface area contributed by atoms with E-state index in [-0.39, 0.29) is 10.6 Å². The van der Waals surface area contributed by atoms with Crippen molar-refractivity contribution in [1.29, 1.82) is 0 Å². The van der Waals surface area contributed by atoms with Crippen molar-refractivity contribution < 1.29 is 18.3 Å². The summed E-state index contributed by atoms with van der Waals surface area (Å²) in [6.45, 7) is 0. The number of carboxylic acids is 1. The normalized spacial score (nSPS) is 23.4. The summed E-state index contributed by atoms with van der Waals surface area (Å²) in [5, 5.41) is 8.82. The van der Waals surface area contributed by atoms with Gasteiger partial charge in [0.25, 0.3) is 10.0 Å². The molecule has 1 aliphatic rings. The molecule has 1 heterocycles. The van der Waals surface area contributed by atoms with Crippen molar-refractivity contribution in [3.63, 3.8) is 0 Å². The zero-order valence-corrected chi connectivity index (χ0v) is 12.3. The van der Waals surface area contributed by atoms with Gasteiger partial charge >= 0.3 is 5.97 Å². The maximum absolute atomic E-state index is 12.0. The number of rotatable bonds is 4. The molecule has 1 aliphatic carbocycles. The van der Waals surface area contributed by atoms with Crippen LogP contribution in [-0.2, 0) is 14.8 Å². The first-order valence-electron chi connectivity index (χ1n) is 5.07. The summed E-state index contributed by atoms with van der Waals surface area (Å²) in [4.78, 5) is 10.8. The number of hydrogen-bond acceptors (Lipinski definition) is 4. The molecule has 2 N–H and O–H groups in total. The van der Waals surface area contributed by atoms with Crippen molar-refractivity contribution in [3.05, 3.63) is 28.1 Å². The standard InChI is InChI=1S/C10H10BrNO4S2/c11-8-3-4-9(17-8)18(15,16)12-7-2-1-6(5-7)10(13)14/h1-4,6-7,12H,5H2,(H,13,14). The van der Waals surface area contributed by atoms with Crippen LogP contribution < -0.4 is 4.72 Å². The topological polar surface area (TPSA) is 83.5 Å². The van der Waals surface area contributed by atoms with Gasteiger partial charge in [0.1, 0.15) is 4.21 Å². The van der Waals surface area contributed by atoms with Crippen LogP contribution in [0.5, 0.6) is 0 Å². The Labute approximate surface area is 117 Å². The minimum atomic E-state index is -3.58. The number of sulfonamides is 1. The molecule has 1 aromatic rings. The van der Waals surface area contributed by atoms with Crippen LogP contribution in [0, 0.1) is 5.92 Å². The first-order valence-corrected chi connectivity index (χ1v) is 8.16. The molecule has 0 radical (unpaired) electrons. The van der Waals surface area contributed by atoms with E-state index in [9.17, 15) is 13.2 Å². The van der Waals surface area contributed by atoms with E-state index in [4.69, 9.17) is 5.11 Å². The molecule has 1 aromatic heterocycles. The molecule has 18 heavy (non-hydrogen) atoms. The van der Waals surface area contributed by atoms with Gasteiger partial charge in [0.15, 0.2) is 0 Å². The number of thiophene rings is 1. The molecule has 0 aromatic carbocycles. The van der Waals surface area contributed by atoms with E-state index in [2.05, 4.69) is 20.7 Å². The zero-order chi connectivity index (χ0) is 13.3. The molecule has 2 atom stereocenters. The molecule has 0 amide bonds. The van der Waals surface area contributed by atoms with Crippen LogP contribution in [0.15, 0.2) is 32.3 Å². The van der Waals surface area contributed by atoms with Gasteiger partial charge in [-0.2, -0.15) is 0 Å². The largest absolute Gasteiger partial charge is 0.481 e. The summed E-state index contributed by atoms with van der Waals surface area (Å²) in [5.74, 6) is -1.56. The second-order valence-corrected chi connectivity index (χ2v) is 8.26. The van der Waals surface area contributed by atoms with Crippen molar-refractivity contribution in [2.75, 3.05) is 0 Å². The second kappa shape index (κ2) is 5.12. The Kier molecular flexibility index (Phi) is 3.90. The van der Waals surface area contributed by atoms with Crippen LogP contribution >= 0.6 is 27.3 Å². The number of carbonyl (C=O) groups is 1. The van der Waals surface area contributed by atoms with Crippen LogP contribution in [0.3, 0.4) is 0 Å². The Morgan fingerprint density at radius 2 is 2.17 bits per heavy atom. The van der Waals surface area contributed by atoms with Gasteiger partial charge in [0, 0.05) is 6.04 Å². The summed E-state index contributed by atoms with van der Waals surface area (Å²) >= 11 is 4.31. The van der Waals surface area contributed by atoms with Gasteiger partial charge in [-0.1, -0.05) is 12.2 Å². The summed E-state index contributed by atoms with van der Waals surface area (Å²) in [5.41, 5.74) is 0. The van der Waals surface area contributed by atoms with Crippen molar-refractivity contribution >= 4 is 43.3 Å². The predicted molar refractivity (Wildman–Crippen MR) is 71.0 cm³/mol. The van der Waals surface area contributed by atoms with Crippen molar-refractivity contribution in [1.82, 2.24) is 4.72 Å². The molecular formula is C10H10BrNO4S2. The van der Waals surface area contributed by atoms with Gasteiger partial charge in [-0.15, -0.1) is 11.3 Å². The summed E-state index contributed by atoms with van der Waals surface area (Å²) in [6, 6.07) is 2.70. The molecule has 0 spiro atoms. The molecule has 0 saturated heterocycles. The molecule has 5 nitrogen and oxygen atoms in total. The molecule has 0 aliphatic heterocycles. The number of carboxylic acid groups (broad SMARTS) is 1. The van der Waals surface area contributed by atoms with E-state index >= 15 is 0 Å². The minimum Gasteiger partial charge on any atom is -0.481 e. The molecule has 0 bridgehead atoms. The Balaban J connectivity index is 2.07. The van der Waals surface area contributed by atoms with Crippen LogP contribution in [0.25, 0.3) is 0 Å². The van der Waals surface area contributed by atoms with Crippen molar-refractivity contribution in [3.8, 4) is 0 Å². The van der Waals surface area contributed by atoms with E-state index in [1.807, 2.05) is 0 Å². The van der Waals surface area contributed by atoms with Crippen LogP contribution in [0.2, 0.25) is 0 Å². The SMILES string of the molecule is O=C(O)C1C=CC(NS(=O)(=O)c2ccc(Br)s2)C1. The first-order chi connectivity index (χ1) is 8.38. The lowest BCUT2D eigenvalue weighted by Crippen LogP contribution is -2.32. The molecule has 2 unspecified atom stereocenters. The minimum absolute atomic E-state index is 0.210. The smallest absolute Gasteiger partial charge is 0.310 e. The number of halogens is 1. The summed E-state index contributed by atoms with van der Waals surface area (Å²) < 4.78 is 27.4. The molecule has 0 fully saturated rings. The third-order valence-electron chi connectivity index (χ3n) is 2.52. The van der Waals surface area contributed by atoms with Gasteiger partial charge < -0.3 is 5.11 Å². The maximum Gasteiger partial charge on any atom is 0.310 e. The Bertz CT molecular complexity index is 593. The highest BCUT2D eigenvalue weighted by molar-refractivity contribution is 9.11. The highest BCUT2D eigenvalue weighted by atomic mass is 79.9. The number of nitrogens with one attached hydrogen (secondary N) is 1. The van der Waals surface area contributed by atoms with Gasteiger partial charge in [-0.05, 0) is 34.5 Å². The van der Waals surface area contributed by atoms with Crippen molar-refractivity contribution in [2.24, 2.45) is 5.92 Å². The molecular weight excluding hydrogens is 342 g/mol. The average molecular weight is 352 g/mol. The van der Waals surface area contributed by atoms with Crippen LogP contribution in [0.4, 0.5) is 0 Å². The van der Waals surface area contributed by atoms with Gasteiger partial charge in [-0.25, -0.2) is 13.1 Å². The fourth-order valence-corrected chi connectivity index (χ4v) is 4.90. The number of hydrogen-bond donors (Lipinski definition) is 2. The van der Waals surface area contributed by atoms with Gasteiger partial charge in [-0.3, -0.25) is 4.79 Å². The van der Waals surface area contributed by atoms with E-state index < -0.39 is 28.0 Å². The Morgan fingerprint density at radius 3 is 2.67 bits per heavy atom. The fourth-order valence-electron chi connectivity index (χ4n) is 1.67. The fraction of sp³-hybridized carbons (Fsp3) is 0.300. The second-order valence-electron chi connectivity index (χ2n) is 3.85. The van der Waals surface area contributed by atoms with Crippen LogP contribution in [0.1, 0.15) is 6.42 Å². The molecule has 2 rings (SSSR count). The Hall–Kier alpha value is -0.700. The van der Waals surface area contributed by atoms with E-state index in [1.54, 1.807) is 12.1 Å². The molecule has 0 saturated carbocycles. The van der Waals surface area contributed by atoms with Crippen molar-refractivity contribution in [2.45, 2.75) is 16.7 Å². The van der Waals surface area contributed by atoms with Gasteiger partial charge in [0.05, 0.1) is 9.70 Å². The summed E-state index contributed by atoms with van der Waals surface area (Å²) in [6.07, 6.45) is 3.35. The lowest BCUT2D eigenvalue weighted by atomic mass is 10.1. The predicted octanol–water partition coefficient (Wildman–Crippen LogP) is 1.82. The highest BCUT2D eigenvalue weighted by Crippen LogP contribution is 2.27. The van der Waals surface area contributed by atoms with E-state index in [0.717, 1.165) is 15.1 Å². The highest BCUT2D eigenvalue weighted by Gasteiger charge is 2.28. The van der Waals surface area contributed by atoms with Gasteiger partial charge in [0.2, 0.25) is 0 Å². The maximum atomic E-state index is 12.0. The van der Waals surface area contributed by atoms with E-state index in [0.29, 0.717) is 0 Å². The van der Waals surface area contributed by atoms with Crippen LogP contribution in [-0.4, -0.2) is 25.5 Å². The lowest BCUT2D eigenvalue weighted by Gasteiger charge is -2.11. The number of aliphatic carboxylic acids is 1. The molecule has 8 heteroatoms. The summed E-state index contributed by atoms with van der Waals surface area (Å²) in [7, 11) is -3.58. The third kappa shape index (κ3) is 3.00. The zero-order valence-electron chi connectivity index (χ0n) is 9.04. The van der Waals surface area contributed by atoms with E-state index in [1.165, 1.54) is 12.1 Å². The lowest BCUT2D eigenvalue weighted by molar-refractivity contribution is -0.140. The molecule has 98 valence electrons. The Morgan fingerprint density at radius 1 is 1.44 bits per heavy atom. The monoisotopic (exact) mass is 351 g/mol. The average Bonchev–Trinajstić information content (AvgIpc) is 2.86.